The van der Waals surface area contributed by atoms with Crippen LogP contribution in [0.25, 0.3) is 0 Å². The van der Waals surface area contributed by atoms with Crippen molar-refractivity contribution >= 4 is 0 Å². The van der Waals surface area contributed by atoms with Crippen molar-refractivity contribution in [2.75, 3.05) is 13.2 Å². The fourth-order valence-corrected chi connectivity index (χ4v) is 5.99. The standard InChI is InChI=1S/C24H44O2/c1-3-5-23-17-14-22(18-26-23)21-12-8-19(9-13-21)6-7-20-10-15-24(16-11-20)25-4-2/h19-24H,3-18H2,1-2H3. The lowest BCUT2D eigenvalue weighted by molar-refractivity contribution is -0.0423. The van der Waals surface area contributed by atoms with Crippen molar-refractivity contribution in [2.45, 2.75) is 116 Å². The van der Waals surface area contributed by atoms with Crippen molar-refractivity contribution in [3.63, 3.8) is 0 Å². The summed E-state index contributed by atoms with van der Waals surface area (Å²) in [5, 5.41) is 0. The normalized spacial score (nSPS) is 39.0. The van der Waals surface area contributed by atoms with Crippen LogP contribution in [-0.2, 0) is 9.47 Å². The summed E-state index contributed by atoms with van der Waals surface area (Å²) in [6.07, 6.45) is 20.8. The van der Waals surface area contributed by atoms with Gasteiger partial charge in [-0.25, -0.2) is 0 Å². The molecule has 3 fully saturated rings. The summed E-state index contributed by atoms with van der Waals surface area (Å²) in [7, 11) is 0. The molecule has 2 atom stereocenters. The molecule has 0 aromatic rings. The Hall–Kier alpha value is -0.0800. The Bertz CT molecular complexity index is 358. The molecule has 0 amide bonds. The first-order valence-electron chi connectivity index (χ1n) is 12.0. The van der Waals surface area contributed by atoms with E-state index in [-0.39, 0.29) is 0 Å². The van der Waals surface area contributed by atoms with Gasteiger partial charge in [0, 0.05) is 6.61 Å². The van der Waals surface area contributed by atoms with E-state index in [0.29, 0.717) is 12.2 Å². The van der Waals surface area contributed by atoms with Crippen LogP contribution >= 0.6 is 0 Å². The van der Waals surface area contributed by atoms with Crippen LogP contribution in [0, 0.1) is 23.7 Å². The molecule has 0 aromatic heterocycles. The first kappa shape index (κ1) is 20.6. The molecule has 2 nitrogen and oxygen atoms in total. The molecular weight excluding hydrogens is 320 g/mol. The molecule has 26 heavy (non-hydrogen) atoms. The van der Waals surface area contributed by atoms with Crippen LogP contribution in [0.1, 0.15) is 104 Å². The zero-order chi connectivity index (χ0) is 18.2. The summed E-state index contributed by atoms with van der Waals surface area (Å²) in [5.74, 6) is 3.85. The van der Waals surface area contributed by atoms with E-state index in [1.807, 2.05) is 0 Å². The maximum atomic E-state index is 6.15. The Kier molecular flexibility index (Phi) is 8.78. The second-order valence-corrected chi connectivity index (χ2v) is 9.54. The van der Waals surface area contributed by atoms with Gasteiger partial charge in [0.15, 0.2) is 0 Å². The molecule has 2 heteroatoms. The summed E-state index contributed by atoms with van der Waals surface area (Å²) in [5.41, 5.74) is 0. The second-order valence-electron chi connectivity index (χ2n) is 9.54. The molecule has 0 bridgehead atoms. The number of rotatable bonds is 8. The van der Waals surface area contributed by atoms with E-state index in [4.69, 9.17) is 9.47 Å². The van der Waals surface area contributed by atoms with E-state index in [9.17, 15) is 0 Å². The molecule has 1 aliphatic heterocycles. The Labute approximate surface area is 162 Å². The summed E-state index contributed by atoms with van der Waals surface area (Å²) >= 11 is 0. The molecular formula is C24H44O2. The number of hydrogen-bond acceptors (Lipinski definition) is 2. The van der Waals surface area contributed by atoms with Gasteiger partial charge in [0.05, 0.1) is 18.8 Å². The molecule has 2 saturated carbocycles. The first-order chi connectivity index (χ1) is 12.8. The van der Waals surface area contributed by atoms with Crippen LogP contribution in [0.5, 0.6) is 0 Å². The Morgan fingerprint density at radius 2 is 1.31 bits per heavy atom. The predicted molar refractivity (Wildman–Crippen MR) is 109 cm³/mol. The van der Waals surface area contributed by atoms with Gasteiger partial charge in [-0.3, -0.25) is 0 Å². The first-order valence-corrected chi connectivity index (χ1v) is 12.0. The smallest absolute Gasteiger partial charge is 0.0575 e. The van der Waals surface area contributed by atoms with Crippen molar-refractivity contribution in [3.05, 3.63) is 0 Å². The van der Waals surface area contributed by atoms with Crippen molar-refractivity contribution < 1.29 is 9.47 Å². The number of hydrogen-bond donors (Lipinski definition) is 0. The SMILES string of the molecule is CCCC1CCC(C2CCC(CCC3CCC(OCC)CC3)CC2)CO1. The Morgan fingerprint density at radius 3 is 1.85 bits per heavy atom. The third-order valence-electron chi connectivity index (χ3n) is 7.75. The summed E-state index contributed by atoms with van der Waals surface area (Å²) in [4.78, 5) is 0. The van der Waals surface area contributed by atoms with E-state index in [0.717, 1.165) is 36.9 Å². The zero-order valence-corrected chi connectivity index (χ0v) is 17.6. The number of ether oxygens (including phenoxy) is 2. The molecule has 152 valence electrons. The van der Waals surface area contributed by atoms with E-state index in [1.54, 1.807) is 0 Å². The third-order valence-corrected chi connectivity index (χ3v) is 7.75. The molecule has 0 N–H and O–H groups in total. The fourth-order valence-electron chi connectivity index (χ4n) is 5.99. The Balaban J connectivity index is 1.27. The minimum Gasteiger partial charge on any atom is -0.379 e. The lowest BCUT2D eigenvalue weighted by Gasteiger charge is -2.38. The van der Waals surface area contributed by atoms with Crippen molar-refractivity contribution in [1.82, 2.24) is 0 Å². The van der Waals surface area contributed by atoms with E-state index in [2.05, 4.69) is 13.8 Å². The maximum absolute atomic E-state index is 6.15. The molecule has 1 heterocycles. The highest BCUT2D eigenvalue weighted by molar-refractivity contribution is 4.82. The van der Waals surface area contributed by atoms with E-state index in [1.165, 1.54) is 89.9 Å². The third kappa shape index (κ3) is 6.23. The summed E-state index contributed by atoms with van der Waals surface area (Å²) in [6.45, 7) is 6.36. The van der Waals surface area contributed by atoms with Crippen LogP contribution < -0.4 is 0 Å². The summed E-state index contributed by atoms with van der Waals surface area (Å²) < 4.78 is 12.0. The molecule has 1 saturated heterocycles. The van der Waals surface area contributed by atoms with Gasteiger partial charge in [-0.1, -0.05) is 39.0 Å². The largest absolute Gasteiger partial charge is 0.379 e. The lowest BCUT2D eigenvalue weighted by atomic mass is 9.72. The highest BCUT2D eigenvalue weighted by atomic mass is 16.5. The van der Waals surface area contributed by atoms with Crippen LogP contribution in [0.2, 0.25) is 0 Å². The van der Waals surface area contributed by atoms with Crippen LogP contribution in [0.15, 0.2) is 0 Å². The lowest BCUT2D eigenvalue weighted by Crippen LogP contribution is -2.32. The monoisotopic (exact) mass is 364 g/mol. The average molecular weight is 365 g/mol. The van der Waals surface area contributed by atoms with Crippen LogP contribution in [0.3, 0.4) is 0 Å². The molecule has 0 spiro atoms. The highest BCUT2D eigenvalue weighted by Crippen LogP contribution is 2.40. The van der Waals surface area contributed by atoms with Crippen molar-refractivity contribution in [3.8, 4) is 0 Å². The van der Waals surface area contributed by atoms with Gasteiger partial charge in [0.1, 0.15) is 0 Å². The maximum Gasteiger partial charge on any atom is 0.0575 e. The zero-order valence-electron chi connectivity index (χ0n) is 17.6. The molecule has 2 unspecified atom stereocenters. The highest BCUT2D eigenvalue weighted by Gasteiger charge is 2.31. The van der Waals surface area contributed by atoms with Gasteiger partial charge in [-0.2, -0.15) is 0 Å². The van der Waals surface area contributed by atoms with Gasteiger partial charge in [-0.15, -0.1) is 0 Å². The quantitative estimate of drug-likeness (QED) is 0.473. The topological polar surface area (TPSA) is 18.5 Å². The summed E-state index contributed by atoms with van der Waals surface area (Å²) in [6, 6.07) is 0. The van der Waals surface area contributed by atoms with E-state index < -0.39 is 0 Å². The predicted octanol–water partition coefficient (Wildman–Crippen LogP) is 6.76. The van der Waals surface area contributed by atoms with Gasteiger partial charge >= 0.3 is 0 Å². The minimum atomic E-state index is 0.571. The molecule has 0 radical (unpaired) electrons. The van der Waals surface area contributed by atoms with Crippen LogP contribution in [-0.4, -0.2) is 25.4 Å². The van der Waals surface area contributed by atoms with Crippen molar-refractivity contribution in [1.29, 1.82) is 0 Å². The molecule has 3 rings (SSSR count). The molecule has 0 aromatic carbocycles. The van der Waals surface area contributed by atoms with Gasteiger partial charge in [0.25, 0.3) is 0 Å². The van der Waals surface area contributed by atoms with Gasteiger partial charge in [-0.05, 0) is 88.4 Å². The molecule has 3 aliphatic rings. The average Bonchev–Trinajstić information content (AvgIpc) is 2.69. The second kappa shape index (κ2) is 11.1. The fraction of sp³-hybridized carbons (Fsp3) is 1.00. The van der Waals surface area contributed by atoms with Gasteiger partial charge < -0.3 is 9.47 Å². The minimum absolute atomic E-state index is 0.571. The van der Waals surface area contributed by atoms with Crippen LogP contribution in [0.4, 0.5) is 0 Å². The van der Waals surface area contributed by atoms with Crippen molar-refractivity contribution in [2.24, 2.45) is 23.7 Å². The van der Waals surface area contributed by atoms with E-state index >= 15 is 0 Å². The van der Waals surface area contributed by atoms with Gasteiger partial charge in [0.2, 0.25) is 0 Å². The molecule has 2 aliphatic carbocycles. The Morgan fingerprint density at radius 1 is 0.692 bits per heavy atom.